The van der Waals surface area contributed by atoms with Crippen LogP contribution in [0.25, 0.3) is 5.69 Å². The molecule has 0 bridgehead atoms. The fourth-order valence-electron chi connectivity index (χ4n) is 4.60. The van der Waals surface area contributed by atoms with Crippen molar-refractivity contribution in [3.8, 4) is 11.4 Å². The van der Waals surface area contributed by atoms with Gasteiger partial charge in [0.15, 0.2) is 0 Å². The molecule has 1 aliphatic carbocycles. The first-order chi connectivity index (χ1) is 15.8. The van der Waals surface area contributed by atoms with Crippen LogP contribution in [0.1, 0.15) is 48.0 Å². The molecule has 5 rings (SSSR count). The molecule has 32 heavy (non-hydrogen) atoms. The van der Waals surface area contributed by atoms with Crippen LogP contribution < -0.4 is 4.74 Å². The van der Waals surface area contributed by atoms with Crippen LogP contribution in [-0.4, -0.2) is 45.7 Å². The zero-order chi connectivity index (χ0) is 21.8. The number of rotatable bonds is 7. The summed E-state index contributed by atoms with van der Waals surface area (Å²) in [6.45, 7) is 2.04. The Morgan fingerprint density at radius 1 is 1.06 bits per heavy atom. The summed E-state index contributed by atoms with van der Waals surface area (Å²) in [6, 6.07) is 16.2. The summed E-state index contributed by atoms with van der Waals surface area (Å²) >= 11 is 0. The minimum atomic E-state index is 0.0949. The topological polar surface area (TPSA) is 56.6 Å². The molecule has 1 atom stereocenters. The average Bonchev–Trinajstić information content (AvgIpc) is 3.62. The molecule has 2 heterocycles. The highest BCUT2D eigenvalue weighted by Crippen LogP contribution is 2.27. The van der Waals surface area contributed by atoms with Crippen molar-refractivity contribution in [1.82, 2.24) is 14.5 Å². The summed E-state index contributed by atoms with van der Waals surface area (Å²) in [5, 5.41) is 0. The Kier molecular flexibility index (Phi) is 6.21. The normalized spacial score (nSPS) is 18.7. The van der Waals surface area contributed by atoms with Gasteiger partial charge in [0, 0.05) is 42.7 Å². The van der Waals surface area contributed by atoms with Gasteiger partial charge in [-0.2, -0.15) is 0 Å². The van der Waals surface area contributed by atoms with Crippen molar-refractivity contribution in [2.24, 2.45) is 0 Å². The Balaban J connectivity index is 1.30. The molecule has 1 aliphatic heterocycles. The summed E-state index contributed by atoms with van der Waals surface area (Å²) in [5.74, 6) is 0.954. The van der Waals surface area contributed by atoms with Gasteiger partial charge in [0.25, 0.3) is 5.91 Å². The number of amides is 1. The summed E-state index contributed by atoms with van der Waals surface area (Å²) in [4.78, 5) is 19.6. The van der Waals surface area contributed by atoms with Crippen molar-refractivity contribution >= 4 is 5.91 Å². The number of benzene rings is 2. The van der Waals surface area contributed by atoms with Gasteiger partial charge in [0.1, 0.15) is 11.9 Å². The summed E-state index contributed by atoms with van der Waals surface area (Å²) < 4.78 is 13.3. The Labute approximate surface area is 188 Å². The lowest BCUT2D eigenvalue weighted by atomic mass is 10.1. The first-order valence-electron chi connectivity index (χ1n) is 11.5. The third-order valence-electron chi connectivity index (χ3n) is 6.41. The monoisotopic (exact) mass is 431 g/mol. The first kappa shape index (κ1) is 20.8. The molecular weight excluding hydrogens is 402 g/mol. The van der Waals surface area contributed by atoms with Crippen LogP contribution in [0.2, 0.25) is 0 Å². The molecule has 2 aliphatic rings. The van der Waals surface area contributed by atoms with Gasteiger partial charge in [0.05, 0.1) is 19.5 Å². The van der Waals surface area contributed by atoms with Crippen molar-refractivity contribution in [2.45, 2.75) is 50.8 Å². The van der Waals surface area contributed by atoms with Gasteiger partial charge in [0.2, 0.25) is 0 Å². The van der Waals surface area contributed by atoms with Gasteiger partial charge >= 0.3 is 0 Å². The average molecular weight is 432 g/mol. The fraction of sp³-hybridized carbons (Fsp3) is 0.385. The second kappa shape index (κ2) is 9.57. The van der Waals surface area contributed by atoms with Crippen molar-refractivity contribution in [3.05, 3.63) is 78.4 Å². The lowest BCUT2D eigenvalue weighted by Gasteiger charge is -2.29. The number of ether oxygens (including phenoxy) is 2. The molecule has 3 aromatic rings. The zero-order valence-corrected chi connectivity index (χ0v) is 18.2. The van der Waals surface area contributed by atoms with Gasteiger partial charge in [-0.1, -0.05) is 25.0 Å². The molecule has 0 N–H and O–H groups in total. The van der Waals surface area contributed by atoms with E-state index in [4.69, 9.17) is 9.47 Å². The number of carbonyl (C=O) groups excluding carboxylic acids is 1. The van der Waals surface area contributed by atoms with Crippen LogP contribution in [-0.2, 0) is 11.3 Å². The lowest BCUT2D eigenvalue weighted by Crippen LogP contribution is -2.38. The zero-order valence-electron chi connectivity index (χ0n) is 18.2. The van der Waals surface area contributed by atoms with E-state index in [9.17, 15) is 4.79 Å². The maximum absolute atomic E-state index is 13.5. The highest BCUT2D eigenvalue weighted by molar-refractivity contribution is 5.94. The van der Waals surface area contributed by atoms with E-state index in [1.54, 1.807) is 12.5 Å². The van der Waals surface area contributed by atoms with Crippen LogP contribution >= 0.6 is 0 Å². The quantitative estimate of drug-likeness (QED) is 0.548. The minimum absolute atomic E-state index is 0.0949. The molecule has 6 heteroatoms. The van der Waals surface area contributed by atoms with Crippen LogP contribution in [0.5, 0.6) is 5.75 Å². The van der Waals surface area contributed by atoms with E-state index in [2.05, 4.69) is 22.0 Å². The SMILES string of the molecule is O=C(c1ccc(-n2ccnc2)cc1)N(Cc1ccc(OC2CCOC2)cc1)C1CCCC1. The summed E-state index contributed by atoms with van der Waals surface area (Å²) in [6.07, 6.45) is 11.0. The molecule has 1 amide bonds. The predicted octanol–water partition coefficient (Wildman–Crippen LogP) is 4.63. The van der Waals surface area contributed by atoms with Crippen molar-refractivity contribution in [1.29, 1.82) is 0 Å². The number of imidazole rings is 1. The molecule has 166 valence electrons. The smallest absolute Gasteiger partial charge is 0.254 e. The number of hydrogen-bond donors (Lipinski definition) is 0. The van der Waals surface area contributed by atoms with E-state index in [-0.39, 0.29) is 12.0 Å². The number of carbonyl (C=O) groups is 1. The maximum atomic E-state index is 13.5. The van der Waals surface area contributed by atoms with E-state index < -0.39 is 0 Å². The van der Waals surface area contributed by atoms with Gasteiger partial charge in [-0.25, -0.2) is 4.98 Å². The van der Waals surface area contributed by atoms with Gasteiger partial charge in [-0.3, -0.25) is 4.79 Å². The maximum Gasteiger partial charge on any atom is 0.254 e. The van der Waals surface area contributed by atoms with E-state index in [0.29, 0.717) is 19.2 Å². The Hall–Kier alpha value is -3.12. The number of hydrogen-bond acceptors (Lipinski definition) is 4. The standard InChI is InChI=1S/C26H29N3O3/c30-26(21-7-9-22(10-8-21)28-15-14-27-19-28)29(23-3-1-2-4-23)17-20-5-11-24(12-6-20)32-25-13-16-31-18-25/h5-12,14-15,19,23,25H,1-4,13,16-18H2. The van der Waals surface area contributed by atoms with Crippen molar-refractivity contribution < 1.29 is 14.3 Å². The lowest BCUT2D eigenvalue weighted by molar-refractivity contribution is 0.0664. The van der Waals surface area contributed by atoms with Crippen LogP contribution in [0.15, 0.2) is 67.3 Å². The molecule has 6 nitrogen and oxygen atoms in total. The molecule has 2 aromatic carbocycles. The predicted molar refractivity (Wildman–Crippen MR) is 122 cm³/mol. The molecule has 1 unspecified atom stereocenters. The summed E-state index contributed by atoms with van der Waals surface area (Å²) in [5.41, 5.74) is 2.84. The highest BCUT2D eigenvalue weighted by atomic mass is 16.5. The van der Waals surface area contributed by atoms with Crippen molar-refractivity contribution in [2.75, 3.05) is 13.2 Å². The number of aromatic nitrogens is 2. The van der Waals surface area contributed by atoms with E-state index in [1.807, 2.05) is 47.2 Å². The molecule has 2 fully saturated rings. The summed E-state index contributed by atoms with van der Waals surface area (Å²) in [7, 11) is 0. The Morgan fingerprint density at radius 3 is 2.50 bits per heavy atom. The minimum Gasteiger partial charge on any atom is -0.488 e. The van der Waals surface area contributed by atoms with E-state index in [0.717, 1.165) is 48.4 Å². The largest absolute Gasteiger partial charge is 0.488 e. The molecule has 1 saturated heterocycles. The highest BCUT2D eigenvalue weighted by Gasteiger charge is 2.27. The van der Waals surface area contributed by atoms with Crippen molar-refractivity contribution in [3.63, 3.8) is 0 Å². The molecule has 1 aromatic heterocycles. The molecular formula is C26H29N3O3. The molecule has 0 spiro atoms. The third kappa shape index (κ3) is 4.70. The van der Waals surface area contributed by atoms with Crippen LogP contribution in [0, 0.1) is 0 Å². The number of nitrogens with zero attached hydrogens (tertiary/aromatic N) is 3. The van der Waals surface area contributed by atoms with Gasteiger partial charge in [-0.05, 0) is 54.8 Å². The first-order valence-corrected chi connectivity index (χ1v) is 11.5. The van der Waals surface area contributed by atoms with E-state index in [1.165, 1.54) is 12.8 Å². The third-order valence-corrected chi connectivity index (χ3v) is 6.41. The second-order valence-corrected chi connectivity index (χ2v) is 8.64. The molecule has 1 saturated carbocycles. The Bertz CT molecular complexity index is 1000. The van der Waals surface area contributed by atoms with Gasteiger partial charge in [-0.15, -0.1) is 0 Å². The van der Waals surface area contributed by atoms with Crippen LogP contribution in [0.4, 0.5) is 0 Å². The second-order valence-electron chi connectivity index (χ2n) is 8.64. The Morgan fingerprint density at radius 2 is 1.84 bits per heavy atom. The van der Waals surface area contributed by atoms with Gasteiger partial charge < -0.3 is 18.9 Å². The van der Waals surface area contributed by atoms with Crippen LogP contribution in [0.3, 0.4) is 0 Å². The fourth-order valence-corrected chi connectivity index (χ4v) is 4.60. The van der Waals surface area contributed by atoms with E-state index >= 15 is 0 Å². The molecule has 0 radical (unpaired) electrons.